The number of nitrogens with one attached hydrogen (secondary N) is 1. The van der Waals surface area contributed by atoms with E-state index in [0.29, 0.717) is 12.0 Å². The zero-order chi connectivity index (χ0) is 13.1. The fourth-order valence-electron chi connectivity index (χ4n) is 3.01. The molecule has 0 spiro atoms. The van der Waals surface area contributed by atoms with E-state index < -0.39 is 0 Å². The number of anilines is 2. The first kappa shape index (κ1) is 13.1. The normalized spacial score (nSPS) is 27.2. The van der Waals surface area contributed by atoms with E-state index in [1.54, 1.807) is 7.11 Å². The van der Waals surface area contributed by atoms with Gasteiger partial charge in [-0.25, -0.2) is 0 Å². The molecule has 2 rings (SSSR count). The molecule has 3 nitrogen and oxygen atoms in total. The van der Waals surface area contributed by atoms with Gasteiger partial charge in [-0.3, -0.25) is 0 Å². The first-order valence-electron chi connectivity index (χ1n) is 6.85. The molecule has 0 radical (unpaired) electrons. The van der Waals surface area contributed by atoms with Crippen LogP contribution >= 0.6 is 0 Å². The van der Waals surface area contributed by atoms with Crippen molar-refractivity contribution in [1.82, 2.24) is 0 Å². The van der Waals surface area contributed by atoms with Crippen molar-refractivity contribution >= 4 is 11.4 Å². The van der Waals surface area contributed by atoms with Crippen molar-refractivity contribution < 1.29 is 4.74 Å². The number of hydrogen-bond acceptors (Lipinski definition) is 3. The molecule has 3 atom stereocenters. The number of methoxy groups -OCH3 is 1. The summed E-state index contributed by atoms with van der Waals surface area (Å²) in [5.74, 6) is 2.40. The molecular formula is C15H24N2O. The second-order valence-corrected chi connectivity index (χ2v) is 5.31. The Morgan fingerprint density at radius 3 is 2.78 bits per heavy atom. The van der Waals surface area contributed by atoms with Gasteiger partial charge in [-0.2, -0.15) is 0 Å². The molecule has 3 heteroatoms. The van der Waals surface area contributed by atoms with Gasteiger partial charge in [0.15, 0.2) is 0 Å². The zero-order valence-corrected chi connectivity index (χ0v) is 11.6. The molecule has 1 aromatic carbocycles. The minimum atomic E-state index is 0.532. The van der Waals surface area contributed by atoms with Gasteiger partial charge in [0.25, 0.3) is 0 Å². The Morgan fingerprint density at radius 1 is 1.39 bits per heavy atom. The average Bonchev–Trinajstić information content (AvgIpc) is 2.73. The van der Waals surface area contributed by atoms with E-state index in [1.165, 1.54) is 19.3 Å². The Balaban J connectivity index is 2.10. The third kappa shape index (κ3) is 2.55. The number of hydrogen-bond donors (Lipinski definition) is 2. The molecule has 1 aromatic rings. The van der Waals surface area contributed by atoms with Crippen LogP contribution in [-0.4, -0.2) is 13.2 Å². The minimum Gasteiger partial charge on any atom is -0.497 e. The first-order chi connectivity index (χ1) is 8.65. The zero-order valence-electron chi connectivity index (χ0n) is 11.6. The summed E-state index contributed by atoms with van der Waals surface area (Å²) < 4.78 is 5.25. The highest BCUT2D eigenvalue weighted by molar-refractivity contribution is 5.68. The largest absolute Gasteiger partial charge is 0.497 e. The van der Waals surface area contributed by atoms with Gasteiger partial charge in [0.1, 0.15) is 5.75 Å². The lowest BCUT2D eigenvalue weighted by atomic mass is 9.93. The van der Waals surface area contributed by atoms with Crippen molar-refractivity contribution in [2.24, 2.45) is 11.8 Å². The first-order valence-corrected chi connectivity index (χ1v) is 6.85. The second-order valence-electron chi connectivity index (χ2n) is 5.31. The van der Waals surface area contributed by atoms with Crippen LogP contribution in [0.3, 0.4) is 0 Å². The van der Waals surface area contributed by atoms with Crippen LogP contribution in [0.15, 0.2) is 18.2 Å². The maximum absolute atomic E-state index is 6.02. The predicted molar refractivity (Wildman–Crippen MR) is 77.0 cm³/mol. The Kier molecular flexibility index (Phi) is 4.00. The van der Waals surface area contributed by atoms with E-state index >= 15 is 0 Å². The van der Waals surface area contributed by atoms with Crippen LogP contribution in [0.4, 0.5) is 11.4 Å². The molecule has 1 aliphatic carbocycles. The summed E-state index contributed by atoms with van der Waals surface area (Å²) in [7, 11) is 1.68. The van der Waals surface area contributed by atoms with Gasteiger partial charge in [0.2, 0.25) is 0 Å². The SMILES string of the molecule is CCC1CCC(Nc2cc(OC)ccc2N)C1C. The van der Waals surface area contributed by atoms with Gasteiger partial charge in [-0.05, 0) is 36.8 Å². The number of nitrogen functional groups attached to an aromatic ring is 1. The highest BCUT2D eigenvalue weighted by Gasteiger charge is 2.31. The monoisotopic (exact) mass is 248 g/mol. The van der Waals surface area contributed by atoms with Crippen LogP contribution < -0.4 is 15.8 Å². The Labute approximate surface area is 110 Å². The van der Waals surface area contributed by atoms with E-state index in [-0.39, 0.29) is 0 Å². The molecular weight excluding hydrogens is 224 g/mol. The molecule has 0 aliphatic heterocycles. The van der Waals surface area contributed by atoms with E-state index in [9.17, 15) is 0 Å². The summed E-state index contributed by atoms with van der Waals surface area (Å²) in [5.41, 5.74) is 7.81. The fourth-order valence-corrected chi connectivity index (χ4v) is 3.01. The fraction of sp³-hybridized carbons (Fsp3) is 0.600. The summed E-state index contributed by atoms with van der Waals surface area (Å²) in [6, 6.07) is 6.32. The highest BCUT2D eigenvalue weighted by atomic mass is 16.5. The van der Waals surface area contributed by atoms with Gasteiger partial charge in [0, 0.05) is 12.1 Å². The number of ether oxygens (including phenoxy) is 1. The van der Waals surface area contributed by atoms with E-state index in [4.69, 9.17) is 10.5 Å². The van der Waals surface area contributed by atoms with Gasteiger partial charge in [0.05, 0.1) is 18.5 Å². The van der Waals surface area contributed by atoms with Crippen molar-refractivity contribution in [2.45, 2.75) is 39.2 Å². The summed E-state index contributed by atoms with van der Waals surface area (Å²) in [4.78, 5) is 0. The molecule has 0 heterocycles. The van der Waals surface area contributed by atoms with E-state index in [0.717, 1.165) is 23.0 Å². The molecule has 3 unspecified atom stereocenters. The van der Waals surface area contributed by atoms with Crippen LogP contribution in [0.1, 0.15) is 33.1 Å². The number of rotatable bonds is 4. The van der Waals surface area contributed by atoms with Crippen LogP contribution in [0.25, 0.3) is 0 Å². The maximum Gasteiger partial charge on any atom is 0.121 e. The van der Waals surface area contributed by atoms with Gasteiger partial charge < -0.3 is 15.8 Å². The Hall–Kier alpha value is -1.38. The third-order valence-electron chi connectivity index (χ3n) is 4.35. The van der Waals surface area contributed by atoms with Crippen molar-refractivity contribution in [3.8, 4) is 5.75 Å². The lowest BCUT2D eigenvalue weighted by Crippen LogP contribution is -2.25. The maximum atomic E-state index is 6.02. The molecule has 1 aliphatic rings. The lowest BCUT2D eigenvalue weighted by Gasteiger charge is -2.23. The molecule has 3 N–H and O–H groups in total. The van der Waals surface area contributed by atoms with Crippen LogP contribution in [-0.2, 0) is 0 Å². The van der Waals surface area contributed by atoms with Gasteiger partial charge in [-0.1, -0.05) is 20.3 Å². The second kappa shape index (κ2) is 5.51. The quantitative estimate of drug-likeness (QED) is 0.801. The molecule has 0 bridgehead atoms. The molecule has 100 valence electrons. The van der Waals surface area contributed by atoms with Crippen LogP contribution in [0.2, 0.25) is 0 Å². The molecule has 18 heavy (non-hydrogen) atoms. The van der Waals surface area contributed by atoms with Gasteiger partial charge in [-0.15, -0.1) is 0 Å². The summed E-state index contributed by atoms with van der Waals surface area (Å²) >= 11 is 0. The van der Waals surface area contributed by atoms with E-state index in [1.807, 2.05) is 18.2 Å². The summed E-state index contributed by atoms with van der Waals surface area (Å²) in [6.07, 6.45) is 3.82. The molecule has 1 saturated carbocycles. The minimum absolute atomic E-state index is 0.532. The lowest BCUT2D eigenvalue weighted by molar-refractivity contribution is 0.391. The topological polar surface area (TPSA) is 47.3 Å². The number of benzene rings is 1. The predicted octanol–water partition coefficient (Wildman–Crippen LogP) is 3.51. The third-order valence-corrected chi connectivity index (χ3v) is 4.35. The average molecular weight is 248 g/mol. The summed E-state index contributed by atoms with van der Waals surface area (Å²) in [6.45, 7) is 4.62. The molecule has 0 saturated heterocycles. The Morgan fingerprint density at radius 2 is 2.17 bits per heavy atom. The number of nitrogens with two attached hydrogens (primary N) is 1. The standard InChI is InChI=1S/C15H24N2O/c1-4-11-5-8-14(10(11)2)17-15-9-12(18-3)6-7-13(15)16/h6-7,9-11,14,17H,4-5,8,16H2,1-3H3. The highest BCUT2D eigenvalue weighted by Crippen LogP contribution is 2.37. The van der Waals surface area contributed by atoms with Crippen molar-refractivity contribution in [2.75, 3.05) is 18.2 Å². The van der Waals surface area contributed by atoms with Crippen LogP contribution in [0, 0.1) is 11.8 Å². The van der Waals surface area contributed by atoms with Crippen molar-refractivity contribution in [1.29, 1.82) is 0 Å². The van der Waals surface area contributed by atoms with Crippen molar-refractivity contribution in [3.05, 3.63) is 18.2 Å². The molecule has 0 amide bonds. The summed E-state index contributed by atoms with van der Waals surface area (Å²) in [5, 5.41) is 3.59. The smallest absolute Gasteiger partial charge is 0.121 e. The van der Waals surface area contributed by atoms with Crippen LogP contribution in [0.5, 0.6) is 5.75 Å². The van der Waals surface area contributed by atoms with Crippen molar-refractivity contribution in [3.63, 3.8) is 0 Å². The Bertz CT molecular complexity index is 405. The molecule has 0 aromatic heterocycles. The molecule has 1 fully saturated rings. The van der Waals surface area contributed by atoms with E-state index in [2.05, 4.69) is 19.2 Å². The van der Waals surface area contributed by atoms with Gasteiger partial charge >= 0.3 is 0 Å².